The summed E-state index contributed by atoms with van der Waals surface area (Å²) in [5.74, 6) is 0.856. The maximum atomic E-state index is 12.6. The van der Waals surface area contributed by atoms with Crippen LogP contribution in [-0.2, 0) is 0 Å². The van der Waals surface area contributed by atoms with E-state index in [1.54, 1.807) is 7.11 Å². The third-order valence-corrected chi connectivity index (χ3v) is 4.98. The maximum Gasteiger partial charge on any atom is 0.118 e. The van der Waals surface area contributed by atoms with E-state index in [0.29, 0.717) is 6.42 Å². The van der Waals surface area contributed by atoms with Crippen molar-refractivity contribution >= 4 is 17.4 Å². The Balaban J connectivity index is 1.89. The molecule has 21 heavy (non-hydrogen) atoms. The molecular weight excluding hydrogens is 285 g/mol. The van der Waals surface area contributed by atoms with Crippen molar-refractivity contribution in [1.29, 1.82) is 0 Å². The number of rotatable bonds is 5. The highest BCUT2D eigenvalue weighted by molar-refractivity contribution is 8.00. The average Bonchev–Trinajstić information content (AvgIpc) is 2.91. The molecule has 0 spiro atoms. The lowest BCUT2D eigenvalue weighted by Gasteiger charge is -2.26. The molecule has 3 rings (SSSR count). The minimum atomic E-state index is -0.279. The van der Waals surface area contributed by atoms with E-state index >= 15 is 0 Å². The first-order valence-electron chi connectivity index (χ1n) is 7.05. The number of hydrogen-bond acceptors (Lipinski definition) is 3. The average molecular weight is 303 g/mol. The zero-order valence-corrected chi connectivity index (χ0v) is 12.8. The molecule has 0 N–H and O–H groups in total. The second kappa shape index (κ2) is 6.39. The molecule has 1 aliphatic rings. The highest BCUT2D eigenvalue weighted by atomic mass is 32.2. The minimum Gasteiger partial charge on any atom is -0.497 e. The van der Waals surface area contributed by atoms with E-state index in [9.17, 15) is 4.39 Å². The van der Waals surface area contributed by atoms with Gasteiger partial charge in [0.25, 0.3) is 0 Å². The zero-order chi connectivity index (χ0) is 14.7. The smallest absolute Gasteiger partial charge is 0.118 e. The van der Waals surface area contributed by atoms with Crippen molar-refractivity contribution in [3.8, 4) is 5.75 Å². The molecule has 110 valence electrons. The van der Waals surface area contributed by atoms with Gasteiger partial charge in [-0.25, -0.2) is 0 Å². The Morgan fingerprint density at radius 1 is 1.14 bits per heavy atom. The number of anilines is 1. The van der Waals surface area contributed by atoms with Crippen LogP contribution < -0.4 is 9.64 Å². The summed E-state index contributed by atoms with van der Waals surface area (Å²) in [7, 11) is 1.67. The molecule has 0 fully saturated rings. The molecule has 4 heteroatoms. The van der Waals surface area contributed by atoms with Gasteiger partial charge in [0, 0.05) is 11.4 Å². The molecule has 1 aliphatic heterocycles. The second-order valence-electron chi connectivity index (χ2n) is 4.95. The summed E-state index contributed by atoms with van der Waals surface area (Å²) < 4.78 is 17.8. The van der Waals surface area contributed by atoms with Crippen LogP contribution in [0.25, 0.3) is 0 Å². The van der Waals surface area contributed by atoms with Gasteiger partial charge in [0.2, 0.25) is 0 Å². The third-order valence-electron chi connectivity index (χ3n) is 3.63. The summed E-state index contributed by atoms with van der Waals surface area (Å²) in [5.41, 5.74) is 2.42. The van der Waals surface area contributed by atoms with Crippen molar-refractivity contribution in [2.24, 2.45) is 0 Å². The molecular formula is C17H18FNOS. The van der Waals surface area contributed by atoms with Gasteiger partial charge in [-0.2, -0.15) is 0 Å². The van der Waals surface area contributed by atoms with Crippen LogP contribution in [-0.4, -0.2) is 20.3 Å². The number of nitrogens with zero attached hydrogens (tertiary/aromatic N) is 1. The van der Waals surface area contributed by atoms with Gasteiger partial charge in [-0.1, -0.05) is 36.0 Å². The molecule has 2 aromatic rings. The SMILES string of the molecule is COc1ccc(C2Sc3ccccc3N2CCCF)cc1. The van der Waals surface area contributed by atoms with Crippen molar-refractivity contribution in [3.63, 3.8) is 0 Å². The van der Waals surface area contributed by atoms with Crippen molar-refractivity contribution in [2.75, 3.05) is 25.2 Å². The highest BCUT2D eigenvalue weighted by Crippen LogP contribution is 2.51. The van der Waals surface area contributed by atoms with Gasteiger partial charge in [0.1, 0.15) is 11.1 Å². The summed E-state index contributed by atoms with van der Waals surface area (Å²) >= 11 is 1.82. The minimum absolute atomic E-state index is 0.208. The van der Waals surface area contributed by atoms with Crippen molar-refractivity contribution in [2.45, 2.75) is 16.7 Å². The van der Waals surface area contributed by atoms with Crippen molar-refractivity contribution in [3.05, 3.63) is 54.1 Å². The lowest BCUT2D eigenvalue weighted by Crippen LogP contribution is -2.24. The maximum absolute atomic E-state index is 12.6. The Morgan fingerprint density at radius 3 is 2.62 bits per heavy atom. The summed E-state index contributed by atoms with van der Waals surface area (Å²) in [6.07, 6.45) is 0.557. The third kappa shape index (κ3) is 2.86. The first-order chi connectivity index (χ1) is 10.3. The van der Waals surface area contributed by atoms with Gasteiger partial charge in [-0.3, -0.25) is 4.39 Å². The predicted octanol–water partition coefficient (Wildman–Crippen LogP) is 4.67. The van der Waals surface area contributed by atoms with Crippen LogP contribution >= 0.6 is 11.8 Å². The number of methoxy groups -OCH3 is 1. The van der Waals surface area contributed by atoms with Gasteiger partial charge < -0.3 is 9.64 Å². The monoisotopic (exact) mass is 303 g/mol. The quantitative estimate of drug-likeness (QED) is 0.796. The number of thioether (sulfide) groups is 1. The van der Waals surface area contributed by atoms with E-state index in [1.807, 2.05) is 30.0 Å². The molecule has 1 heterocycles. The summed E-state index contributed by atoms with van der Waals surface area (Å²) in [6, 6.07) is 16.5. The lowest BCUT2D eigenvalue weighted by atomic mass is 10.1. The van der Waals surface area contributed by atoms with Gasteiger partial charge >= 0.3 is 0 Å². The normalized spacial score (nSPS) is 16.9. The zero-order valence-electron chi connectivity index (χ0n) is 12.0. The highest BCUT2D eigenvalue weighted by Gasteiger charge is 2.30. The fourth-order valence-corrected chi connectivity index (χ4v) is 3.93. The van der Waals surface area contributed by atoms with E-state index in [-0.39, 0.29) is 12.0 Å². The Labute approximate surface area is 128 Å². The van der Waals surface area contributed by atoms with Crippen LogP contribution in [0.15, 0.2) is 53.4 Å². The Morgan fingerprint density at radius 2 is 1.90 bits per heavy atom. The lowest BCUT2D eigenvalue weighted by molar-refractivity contribution is 0.414. The largest absolute Gasteiger partial charge is 0.497 e. The first kappa shape index (κ1) is 14.3. The number of benzene rings is 2. The number of ether oxygens (including phenoxy) is 1. The summed E-state index contributed by atoms with van der Waals surface area (Å²) in [6.45, 7) is 0.454. The van der Waals surface area contributed by atoms with E-state index in [4.69, 9.17) is 4.74 Å². The molecule has 1 atom stereocenters. The fourth-order valence-electron chi connectivity index (χ4n) is 2.59. The number of halogens is 1. The van der Waals surface area contributed by atoms with Gasteiger partial charge in [0.05, 0.1) is 19.5 Å². The molecule has 0 saturated heterocycles. The van der Waals surface area contributed by atoms with Crippen molar-refractivity contribution in [1.82, 2.24) is 0 Å². The number of hydrogen-bond donors (Lipinski definition) is 0. The van der Waals surface area contributed by atoms with E-state index in [2.05, 4.69) is 35.2 Å². The molecule has 2 aromatic carbocycles. The standard InChI is InChI=1S/C17H18FNOS/c1-20-14-9-7-13(8-10-14)17-19(12-4-11-18)15-5-2-3-6-16(15)21-17/h2-3,5-10,17H,4,11-12H2,1H3. The number of alkyl halides is 1. The van der Waals surface area contributed by atoms with E-state index in [0.717, 1.165) is 12.3 Å². The number of fused-ring (bicyclic) bond motifs is 1. The van der Waals surface area contributed by atoms with Crippen LogP contribution in [0, 0.1) is 0 Å². The Hall–Kier alpha value is -1.68. The van der Waals surface area contributed by atoms with E-state index < -0.39 is 0 Å². The second-order valence-corrected chi connectivity index (χ2v) is 6.07. The van der Waals surface area contributed by atoms with Crippen LogP contribution in [0.1, 0.15) is 17.4 Å². The molecule has 0 saturated carbocycles. The van der Waals surface area contributed by atoms with Gasteiger partial charge in [0.15, 0.2) is 0 Å². The molecule has 0 aliphatic carbocycles. The van der Waals surface area contributed by atoms with Gasteiger partial charge in [-0.15, -0.1) is 0 Å². The topological polar surface area (TPSA) is 12.5 Å². The predicted molar refractivity (Wildman–Crippen MR) is 86.0 cm³/mol. The fraction of sp³-hybridized carbons (Fsp3) is 0.294. The Bertz CT molecular complexity index is 602. The summed E-state index contributed by atoms with van der Waals surface area (Å²) in [4.78, 5) is 3.55. The summed E-state index contributed by atoms with van der Waals surface area (Å²) in [5, 5.41) is 0.208. The first-order valence-corrected chi connectivity index (χ1v) is 7.93. The molecule has 0 amide bonds. The van der Waals surface area contributed by atoms with E-state index in [1.165, 1.54) is 16.1 Å². The molecule has 2 nitrogen and oxygen atoms in total. The number of para-hydroxylation sites is 1. The van der Waals surface area contributed by atoms with Gasteiger partial charge in [-0.05, 0) is 36.2 Å². The molecule has 0 bridgehead atoms. The molecule has 0 radical (unpaired) electrons. The van der Waals surface area contributed by atoms with Crippen LogP contribution in [0.3, 0.4) is 0 Å². The Kier molecular flexibility index (Phi) is 4.34. The van der Waals surface area contributed by atoms with Crippen LogP contribution in [0.5, 0.6) is 5.75 Å². The molecule has 0 aromatic heterocycles. The van der Waals surface area contributed by atoms with Crippen LogP contribution in [0.4, 0.5) is 10.1 Å². The molecule has 1 unspecified atom stereocenters. The van der Waals surface area contributed by atoms with Crippen molar-refractivity contribution < 1.29 is 9.13 Å². The van der Waals surface area contributed by atoms with Crippen LogP contribution in [0.2, 0.25) is 0 Å².